The fourth-order valence-corrected chi connectivity index (χ4v) is 2.49. The van der Waals surface area contributed by atoms with E-state index in [1.807, 2.05) is 17.5 Å². The molecule has 3 rings (SSSR count). The van der Waals surface area contributed by atoms with Crippen LogP contribution in [0.4, 0.5) is 0 Å². The van der Waals surface area contributed by atoms with E-state index in [0.29, 0.717) is 0 Å². The topological polar surface area (TPSA) is 20.7 Å². The predicted octanol–water partition coefficient (Wildman–Crippen LogP) is 3.75. The van der Waals surface area contributed by atoms with Gasteiger partial charge in [0.25, 0.3) is 0 Å². The van der Waals surface area contributed by atoms with E-state index in [1.54, 1.807) is 11.3 Å². The first-order valence-corrected chi connectivity index (χ1v) is 5.88. The summed E-state index contributed by atoms with van der Waals surface area (Å²) in [6.45, 7) is 0. The van der Waals surface area contributed by atoms with Gasteiger partial charge in [0.1, 0.15) is 5.82 Å². The lowest BCUT2D eigenvalue weighted by atomic mass is 10.2. The average molecular weight is 232 g/mol. The maximum absolute atomic E-state index is 5.08. The van der Waals surface area contributed by atoms with E-state index in [0.717, 1.165) is 9.77 Å². The second-order valence-corrected chi connectivity index (χ2v) is 4.82. The number of nitrogens with one attached hydrogen (secondary N) is 1. The maximum atomic E-state index is 5.08. The van der Waals surface area contributed by atoms with E-state index >= 15 is 0 Å². The van der Waals surface area contributed by atoms with Crippen LogP contribution in [0.3, 0.4) is 0 Å². The van der Waals surface area contributed by atoms with Crippen molar-refractivity contribution < 1.29 is 0 Å². The molecule has 0 saturated carbocycles. The third-order valence-corrected chi connectivity index (χ3v) is 3.41. The van der Waals surface area contributed by atoms with Crippen LogP contribution in [0.15, 0.2) is 41.9 Å². The molecule has 0 fully saturated rings. The van der Waals surface area contributed by atoms with Crippen LogP contribution in [0.2, 0.25) is 0 Å². The Labute approximate surface area is 95.8 Å². The summed E-state index contributed by atoms with van der Waals surface area (Å²) < 4.78 is 2.92. The summed E-state index contributed by atoms with van der Waals surface area (Å²) >= 11 is 6.63. The summed E-state index contributed by atoms with van der Waals surface area (Å²) in [6, 6.07) is 10.4. The molecule has 2 nitrogen and oxygen atoms in total. The van der Waals surface area contributed by atoms with Gasteiger partial charge < -0.3 is 9.55 Å². The van der Waals surface area contributed by atoms with Crippen molar-refractivity contribution in [3.05, 3.63) is 45.9 Å². The van der Waals surface area contributed by atoms with Crippen molar-refractivity contribution in [3.63, 3.8) is 0 Å². The zero-order valence-electron chi connectivity index (χ0n) is 7.81. The van der Waals surface area contributed by atoms with Crippen LogP contribution in [-0.4, -0.2) is 9.55 Å². The summed E-state index contributed by atoms with van der Waals surface area (Å²) in [6.07, 6.45) is 2.05. The van der Waals surface area contributed by atoms with Crippen molar-refractivity contribution in [1.82, 2.24) is 9.55 Å². The third kappa shape index (κ3) is 1.42. The van der Waals surface area contributed by atoms with Gasteiger partial charge in [-0.15, -0.1) is 11.3 Å². The molecule has 0 aliphatic heterocycles. The average Bonchev–Trinajstić information content (AvgIpc) is 2.83. The van der Waals surface area contributed by atoms with Gasteiger partial charge in [-0.1, -0.05) is 18.2 Å². The molecular formula is C11H8N2S2. The second kappa shape index (κ2) is 3.32. The van der Waals surface area contributed by atoms with Crippen molar-refractivity contribution >= 4 is 34.5 Å². The minimum Gasteiger partial charge on any atom is -0.323 e. The van der Waals surface area contributed by atoms with Gasteiger partial charge in [0, 0.05) is 11.6 Å². The van der Waals surface area contributed by atoms with Crippen molar-refractivity contribution in [1.29, 1.82) is 0 Å². The number of thiazole rings is 1. The number of para-hydroxylation sites is 1. The Morgan fingerprint density at radius 2 is 2.07 bits per heavy atom. The highest BCUT2D eigenvalue weighted by Crippen LogP contribution is 2.20. The number of rotatable bonds is 1. The van der Waals surface area contributed by atoms with Crippen LogP contribution in [0.25, 0.3) is 16.7 Å². The Kier molecular flexibility index (Phi) is 1.97. The molecule has 1 aromatic carbocycles. The van der Waals surface area contributed by atoms with Crippen LogP contribution in [0.1, 0.15) is 0 Å². The van der Waals surface area contributed by atoms with E-state index in [2.05, 4.69) is 33.9 Å². The van der Waals surface area contributed by atoms with Gasteiger partial charge in [-0.05, 0) is 29.7 Å². The summed E-state index contributed by atoms with van der Waals surface area (Å²) in [5.41, 5.74) is 1.20. The van der Waals surface area contributed by atoms with Crippen LogP contribution in [0.5, 0.6) is 0 Å². The molecule has 0 radical (unpaired) electrons. The Morgan fingerprint density at radius 3 is 2.87 bits per heavy atom. The van der Waals surface area contributed by atoms with Crippen molar-refractivity contribution in [2.75, 3.05) is 0 Å². The van der Waals surface area contributed by atoms with Crippen LogP contribution >= 0.6 is 23.6 Å². The van der Waals surface area contributed by atoms with Gasteiger partial charge in [0.15, 0.2) is 3.95 Å². The Bertz CT molecular complexity index is 660. The lowest BCUT2D eigenvalue weighted by Gasteiger charge is -2.00. The molecule has 2 heterocycles. The van der Waals surface area contributed by atoms with Crippen molar-refractivity contribution in [2.45, 2.75) is 0 Å². The van der Waals surface area contributed by atoms with Crippen molar-refractivity contribution in [3.8, 4) is 5.82 Å². The Balaban J connectivity index is 2.32. The molecule has 0 bridgehead atoms. The molecule has 1 N–H and O–H groups in total. The molecule has 0 aliphatic carbocycles. The minimum atomic E-state index is 0.808. The number of hydrogen-bond acceptors (Lipinski definition) is 2. The molecule has 0 aliphatic rings. The van der Waals surface area contributed by atoms with Crippen LogP contribution in [-0.2, 0) is 0 Å². The fourth-order valence-electron chi connectivity index (χ4n) is 1.68. The number of hydrogen-bond donors (Lipinski definition) is 1. The zero-order valence-corrected chi connectivity index (χ0v) is 9.44. The summed E-state index contributed by atoms with van der Waals surface area (Å²) in [5.74, 6) is 1.03. The van der Waals surface area contributed by atoms with Gasteiger partial charge in [-0.25, -0.2) is 0 Å². The number of benzene rings is 1. The quantitative estimate of drug-likeness (QED) is 0.634. The minimum absolute atomic E-state index is 0.808. The number of aromatic nitrogens is 2. The van der Waals surface area contributed by atoms with Gasteiger partial charge in [-0.3, -0.25) is 0 Å². The molecule has 0 amide bonds. The van der Waals surface area contributed by atoms with E-state index in [-0.39, 0.29) is 0 Å². The predicted molar refractivity (Wildman–Crippen MR) is 66.3 cm³/mol. The van der Waals surface area contributed by atoms with Gasteiger partial charge in [0.2, 0.25) is 0 Å². The first-order valence-electron chi connectivity index (χ1n) is 4.59. The number of nitrogens with zero attached hydrogens (tertiary/aromatic N) is 1. The van der Waals surface area contributed by atoms with Gasteiger partial charge in [0.05, 0.1) is 5.52 Å². The molecule has 0 unspecified atom stereocenters. The largest absolute Gasteiger partial charge is 0.323 e. The fraction of sp³-hybridized carbons (Fsp3) is 0. The number of fused-ring (bicyclic) bond motifs is 1. The number of aromatic amines is 1. The van der Waals surface area contributed by atoms with E-state index in [9.17, 15) is 0 Å². The maximum Gasteiger partial charge on any atom is 0.160 e. The highest BCUT2D eigenvalue weighted by molar-refractivity contribution is 7.73. The first-order chi connectivity index (χ1) is 7.34. The molecule has 0 saturated heterocycles. The second-order valence-electron chi connectivity index (χ2n) is 3.28. The molecule has 4 heteroatoms. The first kappa shape index (κ1) is 8.88. The standard InChI is InChI=1S/C11H8N2S2/c14-11-12-10(7-15-11)13-6-5-8-3-1-2-4-9(8)13/h1-7H,(H,12,14). The zero-order chi connectivity index (χ0) is 10.3. The SMILES string of the molecule is S=c1[nH]c(-n2ccc3ccccc32)cs1. The van der Waals surface area contributed by atoms with Gasteiger partial charge >= 0.3 is 0 Å². The lowest BCUT2D eigenvalue weighted by molar-refractivity contribution is 1.06. The third-order valence-electron chi connectivity index (χ3n) is 2.37. The molecule has 2 aromatic heterocycles. The lowest BCUT2D eigenvalue weighted by Crippen LogP contribution is -1.90. The molecule has 15 heavy (non-hydrogen) atoms. The van der Waals surface area contributed by atoms with Crippen LogP contribution in [0, 0.1) is 3.95 Å². The molecule has 0 atom stereocenters. The van der Waals surface area contributed by atoms with Crippen molar-refractivity contribution in [2.24, 2.45) is 0 Å². The normalized spacial score (nSPS) is 10.9. The molecule has 74 valence electrons. The van der Waals surface area contributed by atoms with E-state index in [1.165, 1.54) is 10.9 Å². The molecular weight excluding hydrogens is 224 g/mol. The highest BCUT2D eigenvalue weighted by atomic mass is 32.1. The Morgan fingerprint density at radius 1 is 1.20 bits per heavy atom. The molecule has 3 aromatic rings. The van der Waals surface area contributed by atoms with Crippen LogP contribution < -0.4 is 0 Å². The smallest absolute Gasteiger partial charge is 0.160 e. The molecule has 0 spiro atoms. The summed E-state index contributed by atoms with van der Waals surface area (Å²) in [4.78, 5) is 3.17. The van der Waals surface area contributed by atoms with E-state index < -0.39 is 0 Å². The Hall–Kier alpha value is -1.39. The summed E-state index contributed by atoms with van der Waals surface area (Å²) in [5, 5.41) is 3.28. The summed E-state index contributed by atoms with van der Waals surface area (Å²) in [7, 11) is 0. The highest BCUT2D eigenvalue weighted by Gasteiger charge is 2.02. The monoisotopic (exact) mass is 232 g/mol. The van der Waals surface area contributed by atoms with Gasteiger partial charge in [-0.2, -0.15) is 0 Å². The number of H-pyrrole nitrogens is 1. The van der Waals surface area contributed by atoms with E-state index in [4.69, 9.17) is 12.2 Å².